The van der Waals surface area contributed by atoms with Gasteiger partial charge in [-0.3, -0.25) is 4.79 Å². The van der Waals surface area contributed by atoms with Gasteiger partial charge in [-0.2, -0.15) is 0 Å². The van der Waals surface area contributed by atoms with Gasteiger partial charge in [0.2, 0.25) is 5.91 Å². The molecule has 3 rings (SSSR count). The third kappa shape index (κ3) is 5.45. The van der Waals surface area contributed by atoms with Crippen LogP contribution in [0.1, 0.15) is 38.2 Å². The summed E-state index contributed by atoms with van der Waals surface area (Å²) in [6.07, 6.45) is 4.15. The van der Waals surface area contributed by atoms with Gasteiger partial charge in [0.15, 0.2) is 0 Å². The molecular weight excluding hydrogens is 332 g/mol. The summed E-state index contributed by atoms with van der Waals surface area (Å²) in [7, 11) is 0. The summed E-state index contributed by atoms with van der Waals surface area (Å²) < 4.78 is 0. The van der Waals surface area contributed by atoms with Gasteiger partial charge >= 0.3 is 0 Å². The van der Waals surface area contributed by atoms with Gasteiger partial charge in [-0.05, 0) is 67.6 Å². The minimum absolute atomic E-state index is 0. The van der Waals surface area contributed by atoms with Crippen molar-refractivity contribution in [1.29, 1.82) is 0 Å². The molecule has 0 aliphatic carbocycles. The van der Waals surface area contributed by atoms with Crippen molar-refractivity contribution < 1.29 is 4.79 Å². The van der Waals surface area contributed by atoms with E-state index in [9.17, 15) is 4.79 Å². The average Bonchev–Trinajstić information content (AvgIpc) is 2.65. The molecule has 0 unspecified atom stereocenters. The molecule has 1 saturated heterocycles. The van der Waals surface area contributed by atoms with Crippen LogP contribution in [0.15, 0.2) is 42.5 Å². The maximum Gasteiger partial charge on any atom is 0.222 e. The third-order valence-corrected chi connectivity index (χ3v) is 5.15. The van der Waals surface area contributed by atoms with Crippen LogP contribution in [0.2, 0.25) is 0 Å². The zero-order valence-corrected chi connectivity index (χ0v) is 15.9. The predicted octanol–water partition coefficient (Wildman–Crippen LogP) is 4.39. The molecule has 1 amide bonds. The SMILES string of the molecule is CCN(Cc1ccc2ccccc2c1)C(=O)CCC1CCNCC1.Cl. The zero-order chi connectivity index (χ0) is 16.8. The molecule has 4 heteroatoms. The van der Waals surface area contributed by atoms with Gasteiger partial charge in [0.05, 0.1) is 0 Å². The van der Waals surface area contributed by atoms with Crippen molar-refractivity contribution in [2.45, 2.75) is 39.2 Å². The Balaban J connectivity index is 0.00000225. The molecule has 3 nitrogen and oxygen atoms in total. The van der Waals surface area contributed by atoms with Gasteiger partial charge in [-0.1, -0.05) is 36.4 Å². The number of nitrogens with one attached hydrogen (secondary N) is 1. The van der Waals surface area contributed by atoms with E-state index in [0.29, 0.717) is 18.9 Å². The first-order chi connectivity index (χ1) is 11.8. The number of halogens is 1. The molecule has 25 heavy (non-hydrogen) atoms. The summed E-state index contributed by atoms with van der Waals surface area (Å²) in [5.41, 5.74) is 1.21. The highest BCUT2D eigenvalue weighted by atomic mass is 35.5. The van der Waals surface area contributed by atoms with Crippen LogP contribution in [0.4, 0.5) is 0 Å². The Morgan fingerprint density at radius 1 is 1.12 bits per heavy atom. The number of hydrogen-bond donors (Lipinski definition) is 1. The van der Waals surface area contributed by atoms with Crippen LogP contribution < -0.4 is 5.32 Å². The Bertz CT molecular complexity index is 682. The molecule has 1 heterocycles. The highest BCUT2D eigenvalue weighted by molar-refractivity contribution is 5.85. The number of piperidine rings is 1. The molecule has 0 saturated carbocycles. The molecule has 1 fully saturated rings. The third-order valence-electron chi connectivity index (χ3n) is 5.15. The standard InChI is InChI=1S/C21H28N2O.ClH/c1-2-23(21(24)10-8-17-11-13-22-14-12-17)16-18-7-9-19-5-3-4-6-20(19)15-18;/h3-7,9,15,17,22H,2,8,10-14,16H2,1H3;1H. The minimum atomic E-state index is 0. The topological polar surface area (TPSA) is 32.3 Å². The zero-order valence-electron chi connectivity index (χ0n) is 15.0. The van der Waals surface area contributed by atoms with Gasteiger partial charge < -0.3 is 10.2 Å². The monoisotopic (exact) mass is 360 g/mol. The van der Waals surface area contributed by atoms with Crippen LogP contribution in [-0.4, -0.2) is 30.4 Å². The molecule has 1 N–H and O–H groups in total. The summed E-state index contributed by atoms with van der Waals surface area (Å²) in [5, 5.41) is 5.88. The fraction of sp³-hybridized carbons (Fsp3) is 0.476. The Morgan fingerprint density at radius 3 is 2.56 bits per heavy atom. The number of carbonyl (C=O) groups excluding carboxylic acids is 1. The highest BCUT2D eigenvalue weighted by Gasteiger charge is 2.17. The second kappa shape index (κ2) is 9.79. The lowest BCUT2D eigenvalue weighted by molar-refractivity contribution is -0.132. The molecule has 0 atom stereocenters. The summed E-state index contributed by atoms with van der Waals surface area (Å²) in [4.78, 5) is 14.6. The van der Waals surface area contributed by atoms with Crippen LogP contribution in [0, 0.1) is 5.92 Å². The van der Waals surface area contributed by atoms with E-state index in [4.69, 9.17) is 0 Å². The van der Waals surface area contributed by atoms with Crippen molar-refractivity contribution in [3.05, 3.63) is 48.0 Å². The number of fused-ring (bicyclic) bond motifs is 1. The molecular formula is C21H29ClN2O. The van der Waals surface area contributed by atoms with Gasteiger partial charge in [0.25, 0.3) is 0 Å². The van der Waals surface area contributed by atoms with Crippen molar-refractivity contribution >= 4 is 29.1 Å². The number of amides is 1. The lowest BCUT2D eigenvalue weighted by Crippen LogP contribution is -2.32. The van der Waals surface area contributed by atoms with E-state index in [1.165, 1.54) is 29.2 Å². The fourth-order valence-corrected chi connectivity index (χ4v) is 3.59. The summed E-state index contributed by atoms with van der Waals surface area (Å²) in [5.74, 6) is 1.01. The van der Waals surface area contributed by atoms with Crippen LogP contribution in [0.5, 0.6) is 0 Å². The molecule has 136 valence electrons. The van der Waals surface area contributed by atoms with Crippen molar-refractivity contribution in [2.24, 2.45) is 5.92 Å². The van der Waals surface area contributed by atoms with Crippen molar-refractivity contribution in [1.82, 2.24) is 10.2 Å². The van der Waals surface area contributed by atoms with E-state index in [0.717, 1.165) is 32.0 Å². The van der Waals surface area contributed by atoms with E-state index in [-0.39, 0.29) is 12.4 Å². The number of benzene rings is 2. The molecule has 0 radical (unpaired) electrons. The molecule has 1 aliphatic heterocycles. The quantitative estimate of drug-likeness (QED) is 0.828. The molecule has 1 aliphatic rings. The molecule has 2 aromatic carbocycles. The molecule has 0 aromatic heterocycles. The van der Waals surface area contributed by atoms with E-state index < -0.39 is 0 Å². The van der Waals surface area contributed by atoms with Gasteiger partial charge in [0, 0.05) is 19.5 Å². The van der Waals surface area contributed by atoms with Crippen LogP contribution >= 0.6 is 12.4 Å². The van der Waals surface area contributed by atoms with Crippen molar-refractivity contribution in [2.75, 3.05) is 19.6 Å². The number of hydrogen-bond acceptors (Lipinski definition) is 2. The Morgan fingerprint density at radius 2 is 1.84 bits per heavy atom. The predicted molar refractivity (Wildman–Crippen MR) is 107 cm³/mol. The Hall–Kier alpha value is -1.58. The number of carbonyl (C=O) groups is 1. The first-order valence-corrected chi connectivity index (χ1v) is 9.22. The molecule has 2 aromatic rings. The van der Waals surface area contributed by atoms with E-state index in [1.54, 1.807) is 0 Å². The summed E-state index contributed by atoms with van der Waals surface area (Å²) in [6.45, 7) is 5.77. The van der Waals surface area contributed by atoms with E-state index >= 15 is 0 Å². The molecule has 0 spiro atoms. The maximum absolute atomic E-state index is 12.6. The second-order valence-electron chi connectivity index (χ2n) is 6.82. The Kier molecular flexibility index (Phi) is 7.73. The van der Waals surface area contributed by atoms with Crippen LogP contribution in [-0.2, 0) is 11.3 Å². The van der Waals surface area contributed by atoms with Gasteiger partial charge in [0.1, 0.15) is 0 Å². The smallest absolute Gasteiger partial charge is 0.222 e. The summed E-state index contributed by atoms with van der Waals surface area (Å²) in [6, 6.07) is 14.9. The fourth-order valence-electron chi connectivity index (χ4n) is 3.59. The van der Waals surface area contributed by atoms with Gasteiger partial charge in [-0.25, -0.2) is 0 Å². The van der Waals surface area contributed by atoms with Gasteiger partial charge in [-0.15, -0.1) is 12.4 Å². The second-order valence-corrected chi connectivity index (χ2v) is 6.82. The number of rotatable bonds is 6. The first kappa shape index (κ1) is 19.7. The Labute approximate surface area is 157 Å². The average molecular weight is 361 g/mol. The van der Waals surface area contributed by atoms with Crippen molar-refractivity contribution in [3.63, 3.8) is 0 Å². The lowest BCUT2D eigenvalue weighted by atomic mass is 9.93. The van der Waals surface area contributed by atoms with E-state index in [1.807, 2.05) is 4.90 Å². The largest absolute Gasteiger partial charge is 0.339 e. The first-order valence-electron chi connectivity index (χ1n) is 9.22. The minimum Gasteiger partial charge on any atom is -0.339 e. The number of nitrogens with zero attached hydrogens (tertiary/aromatic N) is 1. The normalized spacial score (nSPS) is 14.9. The highest BCUT2D eigenvalue weighted by Crippen LogP contribution is 2.20. The van der Waals surface area contributed by atoms with Crippen molar-refractivity contribution in [3.8, 4) is 0 Å². The van der Waals surface area contributed by atoms with Crippen LogP contribution in [0.25, 0.3) is 10.8 Å². The van der Waals surface area contributed by atoms with E-state index in [2.05, 4.69) is 54.7 Å². The summed E-state index contributed by atoms with van der Waals surface area (Å²) >= 11 is 0. The molecule has 0 bridgehead atoms. The van der Waals surface area contributed by atoms with Crippen LogP contribution in [0.3, 0.4) is 0 Å². The maximum atomic E-state index is 12.6. The lowest BCUT2D eigenvalue weighted by Gasteiger charge is -2.25.